The summed E-state index contributed by atoms with van der Waals surface area (Å²) in [6.07, 6.45) is 3.47. The number of hydrogen-bond donors (Lipinski definition) is 1. The summed E-state index contributed by atoms with van der Waals surface area (Å²) in [4.78, 5) is 11.4. The van der Waals surface area contributed by atoms with Crippen molar-refractivity contribution >= 4 is 5.97 Å². The standard InChI is InChI=1S/C12H20O3.C3H8.CH4O/c1-9(2)15-8-10(3)7-12(4,5)11(13)14-6;1-3-2;1-2/h8H,1,7H2,2-6H3;3H2,1-2H3;2H,1H3/b10-8+;;. The molecule has 0 saturated heterocycles. The Labute approximate surface area is 124 Å². The van der Waals surface area contributed by atoms with Crippen LogP contribution in [0.2, 0.25) is 0 Å². The fraction of sp³-hybridized carbons (Fsp3) is 0.688. The Morgan fingerprint density at radius 3 is 1.95 bits per heavy atom. The molecular weight excluding hydrogens is 256 g/mol. The van der Waals surface area contributed by atoms with E-state index in [2.05, 4.69) is 20.4 Å². The Morgan fingerprint density at radius 1 is 1.25 bits per heavy atom. The van der Waals surface area contributed by atoms with Crippen LogP contribution in [0.3, 0.4) is 0 Å². The first-order valence-electron chi connectivity index (χ1n) is 6.72. The Kier molecular flexibility index (Phi) is 16.8. The first kappa shape index (κ1) is 23.8. The molecule has 0 rings (SSSR count). The summed E-state index contributed by atoms with van der Waals surface area (Å²) in [6.45, 7) is 15.2. The van der Waals surface area contributed by atoms with Crippen LogP contribution in [-0.4, -0.2) is 25.3 Å². The van der Waals surface area contributed by atoms with Gasteiger partial charge in [-0.3, -0.25) is 4.79 Å². The number of carbonyl (C=O) groups is 1. The van der Waals surface area contributed by atoms with Crippen LogP contribution in [-0.2, 0) is 14.3 Å². The van der Waals surface area contributed by atoms with Crippen LogP contribution in [0, 0.1) is 5.41 Å². The third-order valence-electron chi connectivity index (χ3n) is 1.92. The second-order valence-electron chi connectivity index (χ2n) is 5.04. The van der Waals surface area contributed by atoms with Crippen molar-refractivity contribution in [1.29, 1.82) is 0 Å². The monoisotopic (exact) mass is 288 g/mol. The average Bonchev–Trinajstić information content (AvgIpc) is 2.38. The molecule has 0 atom stereocenters. The van der Waals surface area contributed by atoms with Gasteiger partial charge in [-0.25, -0.2) is 0 Å². The fourth-order valence-electron chi connectivity index (χ4n) is 1.29. The number of hydrogen-bond acceptors (Lipinski definition) is 4. The Morgan fingerprint density at radius 2 is 1.65 bits per heavy atom. The zero-order valence-corrected chi connectivity index (χ0v) is 14.4. The van der Waals surface area contributed by atoms with Gasteiger partial charge in [-0.1, -0.05) is 26.8 Å². The normalized spacial score (nSPS) is 10.3. The lowest BCUT2D eigenvalue weighted by molar-refractivity contribution is -0.150. The van der Waals surface area contributed by atoms with E-state index in [0.717, 1.165) is 12.7 Å². The topological polar surface area (TPSA) is 55.8 Å². The van der Waals surface area contributed by atoms with Crippen LogP contribution in [0.25, 0.3) is 0 Å². The molecule has 0 aromatic heterocycles. The molecule has 0 bridgehead atoms. The highest BCUT2D eigenvalue weighted by Crippen LogP contribution is 2.26. The maximum atomic E-state index is 11.4. The molecule has 0 aliphatic heterocycles. The molecule has 0 radical (unpaired) electrons. The van der Waals surface area contributed by atoms with E-state index in [1.54, 1.807) is 13.2 Å². The molecule has 120 valence electrons. The minimum absolute atomic E-state index is 0.217. The van der Waals surface area contributed by atoms with Crippen molar-refractivity contribution in [1.82, 2.24) is 0 Å². The second kappa shape index (κ2) is 14.1. The Balaban J connectivity index is -0.000000505. The second-order valence-corrected chi connectivity index (χ2v) is 5.04. The van der Waals surface area contributed by atoms with Crippen molar-refractivity contribution in [2.45, 2.75) is 54.4 Å². The summed E-state index contributed by atoms with van der Waals surface area (Å²) in [5.41, 5.74) is 0.460. The molecule has 0 heterocycles. The van der Waals surface area contributed by atoms with Gasteiger partial charge in [-0.15, -0.1) is 0 Å². The average molecular weight is 288 g/mol. The van der Waals surface area contributed by atoms with Crippen molar-refractivity contribution in [3.63, 3.8) is 0 Å². The smallest absolute Gasteiger partial charge is 0.311 e. The van der Waals surface area contributed by atoms with Crippen LogP contribution in [0.5, 0.6) is 0 Å². The molecule has 0 aromatic carbocycles. The quantitative estimate of drug-likeness (QED) is 0.612. The number of esters is 1. The van der Waals surface area contributed by atoms with Gasteiger partial charge in [0.1, 0.15) is 0 Å². The van der Waals surface area contributed by atoms with Gasteiger partial charge in [-0.2, -0.15) is 0 Å². The van der Waals surface area contributed by atoms with Crippen LogP contribution in [0.4, 0.5) is 0 Å². The molecule has 0 saturated carbocycles. The van der Waals surface area contributed by atoms with Gasteiger partial charge in [0, 0.05) is 7.11 Å². The highest BCUT2D eigenvalue weighted by Gasteiger charge is 2.28. The Bertz CT molecular complexity index is 291. The van der Waals surface area contributed by atoms with Crippen molar-refractivity contribution < 1.29 is 19.4 Å². The molecule has 20 heavy (non-hydrogen) atoms. The van der Waals surface area contributed by atoms with E-state index in [9.17, 15) is 4.79 Å². The molecule has 0 unspecified atom stereocenters. The van der Waals surface area contributed by atoms with Crippen LogP contribution in [0.15, 0.2) is 24.2 Å². The lowest BCUT2D eigenvalue weighted by Crippen LogP contribution is -2.25. The lowest BCUT2D eigenvalue weighted by Gasteiger charge is -2.21. The molecule has 0 fully saturated rings. The minimum atomic E-state index is -0.520. The van der Waals surface area contributed by atoms with Crippen LogP contribution < -0.4 is 0 Å². The highest BCUT2D eigenvalue weighted by molar-refractivity contribution is 5.76. The number of rotatable bonds is 5. The van der Waals surface area contributed by atoms with E-state index in [1.165, 1.54) is 13.5 Å². The number of allylic oxidation sites excluding steroid dienone is 2. The van der Waals surface area contributed by atoms with Gasteiger partial charge < -0.3 is 14.6 Å². The van der Waals surface area contributed by atoms with Gasteiger partial charge in [0.15, 0.2) is 0 Å². The highest BCUT2D eigenvalue weighted by atomic mass is 16.5. The molecule has 1 N–H and O–H groups in total. The Hall–Kier alpha value is -1.29. The zero-order valence-electron chi connectivity index (χ0n) is 14.4. The van der Waals surface area contributed by atoms with E-state index < -0.39 is 5.41 Å². The molecule has 0 aliphatic carbocycles. The predicted octanol–water partition coefficient (Wildman–Crippen LogP) is 4.05. The van der Waals surface area contributed by atoms with Crippen molar-refractivity contribution in [3.05, 3.63) is 24.2 Å². The van der Waals surface area contributed by atoms with Gasteiger partial charge >= 0.3 is 5.97 Å². The number of aliphatic hydroxyl groups excluding tert-OH is 1. The molecule has 4 nitrogen and oxygen atoms in total. The van der Waals surface area contributed by atoms with E-state index >= 15 is 0 Å². The summed E-state index contributed by atoms with van der Waals surface area (Å²) in [7, 11) is 2.40. The molecule has 0 aromatic rings. The molecule has 0 aliphatic rings. The largest absolute Gasteiger partial charge is 0.470 e. The summed E-state index contributed by atoms with van der Waals surface area (Å²) in [5.74, 6) is 0.413. The minimum Gasteiger partial charge on any atom is -0.470 e. The van der Waals surface area contributed by atoms with Crippen LogP contribution >= 0.6 is 0 Å². The van der Waals surface area contributed by atoms with Gasteiger partial charge in [0.2, 0.25) is 0 Å². The fourth-order valence-corrected chi connectivity index (χ4v) is 1.29. The summed E-state index contributed by atoms with van der Waals surface area (Å²) in [6, 6.07) is 0. The van der Waals surface area contributed by atoms with E-state index in [-0.39, 0.29) is 5.97 Å². The number of methoxy groups -OCH3 is 1. The number of aliphatic hydroxyl groups is 1. The first-order valence-corrected chi connectivity index (χ1v) is 6.72. The maximum absolute atomic E-state index is 11.4. The van der Waals surface area contributed by atoms with Gasteiger partial charge in [0.05, 0.1) is 24.5 Å². The van der Waals surface area contributed by atoms with E-state index in [4.69, 9.17) is 14.6 Å². The van der Waals surface area contributed by atoms with Crippen molar-refractivity contribution in [2.24, 2.45) is 5.41 Å². The zero-order chi connectivity index (χ0) is 16.8. The lowest BCUT2D eigenvalue weighted by atomic mass is 9.86. The number of carbonyl (C=O) groups excluding carboxylic acids is 1. The van der Waals surface area contributed by atoms with Gasteiger partial charge in [-0.05, 0) is 39.7 Å². The molecule has 0 amide bonds. The molecular formula is C16H32O4. The van der Waals surface area contributed by atoms with Crippen molar-refractivity contribution in [3.8, 4) is 0 Å². The molecule has 0 spiro atoms. The van der Waals surface area contributed by atoms with Gasteiger partial charge in [0.25, 0.3) is 0 Å². The number of ether oxygens (including phenoxy) is 2. The van der Waals surface area contributed by atoms with E-state index in [0.29, 0.717) is 12.2 Å². The summed E-state index contributed by atoms with van der Waals surface area (Å²) < 4.78 is 9.87. The predicted molar refractivity (Wildman–Crippen MR) is 84.2 cm³/mol. The van der Waals surface area contributed by atoms with Crippen LogP contribution in [0.1, 0.15) is 54.4 Å². The SMILES string of the molecule is C=C(C)O/C=C(\C)CC(C)(C)C(=O)OC.CCC.CO. The first-order chi connectivity index (χ1) is 9.21. The third kappa shape index (κ3) is 14.8. The summed E-state index contributed by atoms with van der Waals surface area (Å²) in [5, 5.41) is 7.00. The summed E-state index contributed by atoms with van der Waals surface area (Å²) >= 11 is 0. The van der Waals surface area contributed by atoms with Crippen molar-refractivity contribution in [2.75, 3.05) is 14.2 Å². The third-order valence-corrected chi connectivity index (χ3v) is 1.92. The maximum Gasteiger partial charge on any atom is 0.311 e. The molecule has 4 heteroatoms. The van der Waals surface area contributed by atoms with E-state index in [1.807, 2.05) is 20.8 Å².